The van der Waals surface area contributed by atoms with Gasteiger partial charge in [0.1, 0.15) is 0 Å². The van der Waals surface area contributed by atoms with Crippen LogP contribution in [0.1, 0.15) is 24.0 Å². The molecule has 0 aliphatic heterocycles. The van der Waals surface area contributed by atoms with Crippen molar-refractivity contribution in [2.75, 3.05) is 18.4 Å². The summed E-state index contributed by atoms with van der Waals surface area (Å²) in [6.45, 7) is 2.14. The molecule has 1 fully saturated rings. The fraction of sp³-hybridized carbons (Fsp3) is 0.318. The first kappa shape index (κ1) is 19.6. The van der Waals surface area contributed by atoms with Gasteiger partial charge in [-0.25, -0.2) is 0 Å². The summed E-state index contributed by atoms with van der Waals surface area (Å²) in [6, 6.07) is 17.0. The number of hydrogen-bond donors (Lipinski definition) is 2. The van der Waals surface area contributed by atoms with Gasteiger partial charge in [0.05, 0.1) is 13.1 Å². The van der Waals surface area contributed by atoms with Gasteiger partial charge in [-0.2, -0.15) is 0 Å². The van der Waals surface area contributed by atoms with Gasteiger partial charge in [-0.15, -0.1) is 0 Å². The van der Waals surface area contributed by atoms with Crippen molar-refractivity contribution in [3.63, 3.8) is 0 Å². The Morgan fingerprint density at radius 3 is 2.43 bits per heavy atom. The normalized spacial score (nSPS) is 12.9. The summed E-state index contributed by atoms with van der Waals surface area (Å²) < 4.78 is 0. The SMILES string of the molecule is Cc1cccc(NC(=O)CNC(=O)CN(Cc2ccccc2)C(=O)C2CC2)c1. The van der Waals surface area contributed by atoms with Crippen molar-refractivity contribution in [1.82, 2.24) is 10.2 Å². The van der Waals surface area contributed by atoms with Crippen LogP contribution in [0, 0.1) is 12.8 Å². The van der Waals surface area contributed by atoms with Crippen LogP contribution in [0.2, 0.25) is 0 Å². The van der Waals surface area contributed by atoms with Crippen molar-refractivity contribution >= 4 is 23.4 Å². The first-order valence-electron chi connectivity index (χ1n) is 9.47. The van der Waals surface area contributed by atoms with Gasteiger partial charge >= 0.3 is 0 Å². The maximum absolute atomic E-state index is 12.5. The summed E-state index contributed by atoms with van der Waals surface area (Å²) >= 11 is 0. The Labute approximate surface area is 164 Å². The Kier molecular flexibility index (Phi) is 6.42. The summed E-state index contributed by atoms with van der Waals surface area (Å²) in [5, 5.41) is 5.35. The third-order valence-corrected chi connectivity index (χ3v) is 4.54. The van der Waals surface area contributed by atoms with Crippen molar-refractivity contribution in [1.29, 1.82) is 0 Å². The Bertz CT molecular complexity index is 847. The Morgan fingerprint density at radius 1 is 1.00 bits per heavy atom. The predicted octanol–water partition coefficient (Wildman–Crippen LogP) is 2.49. The molecule has 0 aromatic heterocycles. The van der Waals surface area contributed by atoms with Crippen LogP contribution in [0.4, 0.5) is 5.69 Å². The third kappa shape index (κ3) is 5.94. The Hall–Kier alpha value is -3.15. The van der Waals surface area contributed by atoms with Crippen LogP contribution in [-0.2, 0) is 20.9 Å². The van der Waals surface area contributed by atoms with Gasteiger partial charge in [0.25, 0.3) is 0 Å². The molecule has 1 aliphatic carbocycles. The zero-order valence-electron chi connectivity index (χ0n) is 16.0. The van der Waals surface area contributed by atoms with Crippen molar-refractivity contribution in [2.24, 2.45) is 5.92 Å². The molecule has 6 nitrogen and oxygen atoms in total. The number of benzene rings is 2. The van der Waals surface area contributed by atoms with E-state index in [-0.39, 0.29) is 36.7 Å². The van der Waals surface area contributed by atoms with Gasteiger partial charge in [0.2, 0.25) is 17.7 Å². The van der Waals surface area contributed by atoms with Gasteiger partial charge in [0.15, 0.2) is 0 Å². The Morgan fingerprint density at radius 2 is 1.75 bits per heavy atom. The van der Waals surface area contributed by atoms with Gasteiger partial charge in [-0.3, -0.25) is 14.4 Å². The summed E-state index contributed by atoms with van der Waals surface area (Å²) in [4.78, 5) is 38.5. The Balaban J connectivity index is 1.51. The van der Waals surface area contributed by atoms with E-state index in [1.165, 1.54) is 0 Å². The van der Waals surface area contributed by atoms with Gasteiger partial charge in [-0.1, -0.05) is 42.5 Å². The van der Waals surface area contributed by atoms with E-state index in [2.05, 4.69) is 10.6 Å². The molecule has 28 heavy (non-hydrogen) atoms. The quantitative estimate of drug-likeness (QED) is 0.740. The minimum absolute atomic E-state index is 0.00298. The molecule has 2 aromatic carbocycles. The van der Waals surface area contributed by atoms with Crippen molar-refractivity contribution in [2.45, 2.75) is 26.3 Å². The van der Waals surface area contributed by atoms with E-state index < -0.39 is 0 Å². The zero-order chi connectivity index (χ0) is 19.9. The van der Waals surface area contributed by atoms with E-state index in [1.807, 2.05) is 55.5 Å². The zero-order valence-corrected chi connectivity index (χ0v) is 16.0. The number of nitrogens with zero attached hydrogens (tertiary/aromatic N) is 1. The number of carbonyl (C=O) groups excluding carboxylic acids is 3. The molecule has 1 aliphatic rings. The molecular weight excluding hydrogens is 354 g/mol. The van der Waals surface area contributed by atoms with E-state index in [0.717, 1.165) is 24.0 Å². The first-order chi connectivity index (χ1) is 13.5. The molecule has 0 saturated heterocycles. The molecule has 0 unspecified atom stereocenters. The lowest BCUT2D eigenvalue weighted by molar-refractivity contribution is -0.137. The van der Waals surface area contributed by atoms with Crippen LogP contribution in [0.15, 0.2) is 54.6 Å². The third-order valence-electron chi connectivity index (χ3n) is 4.54. The summed E-state index contributed by atoms with van der Waals surface area (Å²) in [7, 11) is 0. The monoisotopic (exact) mass is 379 g/mol. The van der Waals surface area contributed by atoms with Crippen LogP contribution in [-0.4, -0.2) is 35.7 Å². The second-order valence-corrected chi connectivity index (χ2v) is 7.15. The number of carbonyl (C=O) groups is 3. The lowest BCUT2D eigenvalue weighted by atomic mass is 10.2. The summed E-state index contributed by atoms with van der Waals surface area (Å²) in [6.07, 6.45) is 1.76. The van der Waals surface area contributed by atoms with E-state index in [4.69, 9.17) is 0 Å². The smallest absolute Gasteiger partial charge is 0.243 e. The second kappa shape index (κ2) is 9.17. The van der Waals surface area contributed by atoms with Gasteiger partial charge in [0, 0.05) is 18.2 Å². The maximum Gasteiger partial charge on any atom is 0.243 e. The average Bonchev–Trinajstić information content (AvgIpc) is 3.51. The number of hydrogen-bond acceptors (Lipinski definition) is 3. The minimum atomic E-state index is -0.343. The first-order valence-corrected chi connectivity index (χ1v) is 9.47. The van der Waals surface area contributed by atoms with E-state index >= 15 is 0 Å². The van der Waals surface area contributed by atoms with Crippen molar-refractivity contribution in [3.05, 3.63) is 65.7 Å². The topological polar surface area (TPSA) is 78.5 Å². The number of rotatable bonds is 8. The highest BCUT2D eigenvalue weighted by molar-refractivity contribution is 5.95. The molecule has 2 aromatic rings. The van der Waals surface area contributed by atoms with E-state index in [0.29, 0.717) is 12.2 Å². The molecule has 6 heteroatoms. The predicted molar refractivity (Wildman–Crippen MR) is 107 cm³/mol. The molecule has 0 bridgehead atoms. The van der Waals surface area contributed by atoms with E-state index in [9.17, 15) is 14.4 Å². The van der Waals surface area contributed by atoms with Crippen molar-refractivity contribution in [3.8, 4) is 0 Å². The van der Waals surface area contributed by atoms with Crippen LogP contribution in [0.3, 0.4) is 0 Å². The molecule has 146 valence electrons. The van der Waals surface area contributed by atoms with Crippen LogP contribution < -0.4 is 10.6 Å². The standard InChI is InChI=1S/C22H25N3O3/c1-16-6-5-9-19(12-16)24-20(26)13-23-21(27)15-25(22(28)18-10-11-18)14-17-7-3-2-4-8-17/h2-9,12,18H,10-11,13-15H2,1H3,(H,23,27)(H,24,26). The number of aryl methyl sites for hydroxylation is 1. The number of nitrogens with one attached hydrogen (secondary N) is 2. The summed E-state index contributed by atoms with van der Waals surface area (Å²) in [5.41, 5.74) is 2.70. The van der Waals surface area contributed by atoms with Gasteiger partial charge in [-0.05, 0) is 43.0 Å². The molecule has 2 N–H and O–H groups in total. The highest BCUT2D eigenvalue weighted by Crippen LogP contribution is 2.31. The average molecular weight is 379 g/mol. The fourth-order valence-corrected chi connectivity index (χ4v) is 2.94. The fourth-order valence-electron chi connectivity index (χ4n) is 2.94. The molecule has 3 rings (SSSR count). The molecule has 0 spiro atoms. The lowest BCUT2D eigenvalue weighted by Gasteiger charge is -2.22. The molecular formula is C22H25N3O3. The largest absolute Gasteiger partial charge is 0.345 e. The lowest BCUT2D eigenvalue weighted by Crippen LogP contribution is -2.43. The van der Waals surface area contributed by atoms with Crippen LogP contribution >= 0.6 is 0 Å². The highest BCUT2D eigenvalue weighted by atomic mass is 16.2. The van der Waals surface area contributed by atoms with Crippen LogP contribution in [0.25, 0.3) is 0 Å². The second-order valence-electron chi connectivity index (χ2n) is 7.15. The van der Waals surface area contributed by atoms with Gasteiger partial charge < -0.3 is 15.5 Å². The molecule has 3 amide bonds. The highest BCUT2D eigenvalue weighted by Gasteiger charge is 2.34. The van der Waals surface area contributed by atoms with E-state index in [1.54, 1.807) is 11.0 Å². The number of anilines is 1. The summed E-state index contributed by atoms with van der Waals surface area (Å²) in [5.74, 6) is -0.615. The minimum Gasteiger partial charge on any atom is -0.345 e. The van der Waals surface area contributed by atoms with Crippen LogP contribution in [0.5, 0.6) is 0 Å². The van der Waals surface area contributed by atoms with Crippen molar-refractivity contribution < 1.29 is 14.4 Å². The molecule has 0 radical (unpaired) electrons. The maximum atomic E-state index is 12.5. The molecule has 0 atom stereocenters. The molecule has 1 saturated carbocycles. The molecule has 0 heterocycles. The number of amides is 3.